The first-order chi connectivity index (χ1) is 10.1. The highest BCUT2D eigenvalue weighted by molar-refractivity contribution is 7.99. The van der Waals surface area contributed by atoms with Gasteiger partial charge >= 0.3 is 0 Å². The molecule has 0 heterocycles. The molecule has 0 saturated carbocycles. The molecular weight excluding hydrogens is 284 g/mol. The van der Waals surface area contributed by atoms with Gasteiger partial charge in [0.25, 0.3) is 0 Å². The summed E-state index contributed by atoms with van der Waals surface area (Å²) in [6.45, 7) is 4.33. The number of nitrogens with one attached hydrogen (secondary N) is 1. The van der Waals surface area contributed by atoms with Crippen molar-refractivity contribution in [3.63, 3.8) is 0 Å². The summed E-state index contributed by atoms with van der Waals surface area (Å²) in [5.74, 6) is -0.976. The molecule has 0 aromatic heterocycles. The number of amides is 1. The van der Waals surface area contributed by atoms with Crippen LogP contribution in [0.15, 0.2) is 24.3 Å². The molecule has 1 rings (SSSR count). The lowest BCUT2D eigenvalue weighted by Gasteiger charge is -2.09. The van der Waals surface area contributed by atoms with E-state index in [2.05, 4.69) is 5.32 Å². The lowest BCUT2D eigenvalue weighted by Crippen LogP contribution is -2.35. The Labute approximate surface area is 129 Å². The summed E-state index contributed by atoms with van der Waals surface area (Å²) in [5, 5.41) is 11.7. The summed E-state index contributed by atoms with van der Waals surface area (Å²) in [6.07, 6.45) is 0.967. The molecule has 0 aliphatic rings. The van der Waals surface area contributed by atoms with Gasteiger partial charge in [-0.05, 0) is 24.7 Å². The Hall–Kier alpha value is -1.80. The monoisotopic (exact) mass is 304 g/mol. The Morgan fingerprint density at radius 2 is 2.00 bits per heavy atom. The fourth-order valence-electron chi connectivity index (χ4n) is 1.67. The molecule has 0 unspecified atom stereocenters. The summed E-state index contributed by atoms with van der Waals surface area (Å²) in [5.41, 5.74) is 2.08. The van der Waals surface area contributed by atoms with Gasteiger partial charge in [-0.2, -0.15) is 17.0 Å². The van der Waals surface area contributed by atoms with Crippen molar-refractivity contribution in [2.45, 2.75) is 26.8 Å². The Morgan fingerprint density at radius 1 is 1.33 bits per heavy atom. The Kier molecular flexibility index (Phi) is 7.55. The Bertz CT molecular complexity index is 520. The number of nitrogens with zero attached hydrogens (tertiary/aromatic N) is 1. The number of Topliss-reactive ketones (excluding diaryl/α,β-unsaturated/α-hetero) is 1. The summed E-state index contributed by atoms with van der Waals surface area (Å²) in [4.78, 5) is 23.8. The van der Waals surface area contributed by atoms with Gasteiger partial charge < -0.3 is 5.32 Å². The van der Waals surface area contributed by atoms with Crippen LogP contribution < -0.4 is 5.32 Å². The van der Waals surface area contributed by atoms with E-state index in [1.165, 1.54) is 11.8 Å². The van der Waals surface area contributed by atoms with Crippen LogP contribution in [0.1, 0.15) is 24.5 Å². The SMILES string of the molecule is CCCSCC(=O)[C@H](C#N)C(=O)NCc1ccc(C)cc1. The second-order valence-electron chi connectivity index (χ2n) is 4.78. The van der Waals surface area contributed by atoms with Crippen molar-refractivity contribution in [1.29, 1.82) is 5.26 Å². The van der Waals surface area contributed by atoms with Crippen LogP contribution in [0, 0.1) is 24.2 Å². The second-order valence-corrected chi connectivity index (χ2v) is 5.89. The van der Waals surface area contributed by atoms with Crippen molar-refractivity contribution in [3.05, 3.63) is 35.4 Å². The number of rotatable bonds is 8. The van der Waals surface area contributed by atoms with Crippen molar-refractivity contribution in [2.75, 3.05) is 11.5 Å². The maximum Gasteiger partial charge on any atom is 0.245 e. The van der Waals surface area contributed by atoms with Crippen LogP contribution in [-0.4, -0.2) is 23.2 Å². The molecule has 1 amide bonds. The first-order valence-corrected chi connectivity index (χ1v) is 8.07. The average molecular weight is 304 g/mol. The zero-order valence-electron chi connectivity index (χ0n) is 12.4. The van der Waals surface area contributed by atoms with E-state index in [1.807, 2.05) is 38.1 Å². The summed E-state index contributed by atoms with van der Waals surface area (Å²) >= 11 is 1.46. The van der Waals surface area contributed by atoms with Crippen molar-refractivity contribution in [1.82, 2.24) is 5.32 Å². The van der Waals surface area contributed by atoms with E-state index in [9.17, 15) is 9.59 Å². The molecule has 1 atom stereocenters. The molecule has 5 heteroatoms. The molecular formula is C16H20N2O2S. The number of hydrogen-bond acceptors (Lipinski definition) is 4. The standard InChI is InChI=1S/C16H20N2O2S/c1-3-8-21-11-15(19)14(9-17)16(20)18-10-13-6-4-12(2)5-7-13/h4-7,14H,3,8,10-11H2,1-2H3,(H,18,20)/t14-/m0/s1. The minimum atomic E-state index is -1.21. The van der Waals surface area contributed by atoms with Crippen LogP contribution in [0.5, 0.6) is 0 Å². The van der Waals surface area contributed by atoms with Crippen molar-refractivity contribution >= 4 is 23.5 Å². The lowest BCUT2D eigenvalue weighted by atomic mass is 10.1. The molecule has 1 aromatic carbocycles. The molecule has 0 radical (unpaired) electrons. The number of ketones is 1. The second kappa shape index (κ2) is 9.19. The molecule has 1 aromatic rings. The molecule has 0 saturated heterocycles. The maximum atomic E-state index is 11.9. The van der Waals surface area contributed by atoms with Crippen LogP contribution in [0.3, 0.4) is 0 Å². The molecule has 0 aliphatic heterocycles. The summed E-state index contributed by atoms with van der Waals surface area (Å²) in [6, 6.07) is 9.53. The van der Waals surface area contributed by atoms with Crippen LogP contribution in [0.2, 0.25) is 0 Å². The number of carbonyl (C=O) groups is 2. The van der Waals surface area contributed by atoms with E-state index in [4.69, 9.17) is 5.26 Å². The highest BCUT2D eigenvalue weighted by Gasteiger charge is 2.25. The van der Waals surface area contributed by atoms with Crippen molar-refractivity contribution in [3.8, 4) is 6.07 Å². The molecule has 0 bridgehead atoms. The van der Waals surface area contributed by atoms with E-state index in [1.54, 1.807) is 6.07 Å². The highest BCUT2D eigenvalue weighted by Crippen LogP contribution is 2.08. The van der Waals surface area contributed by atoms with E-state index in [0.29, 0.717) is 6.54 Å². The number of benzene rings is 1. The zero-order chi connectivity index (χ0) is 15.7. The lowest BCUT2D eigenvalue weighted by molar-refractivity contribution is -0.130. The van der Waals surface area contributed by atoms with Crippen LogP contribution >= 0.6 is 11.8 Å². The quantitative estimate of drug-likeness (QED) is 0.591. The van der Waals surface area contributed by atoms with Crippen LogP contribution in [0.4, 0.5) is 0 Å². The fourth-order valence-corrected chi connectivity index (χ4v) is 2.48. The number of hydrogen-bond donors (Lipinski definition) is 1. The first-order valence-electron chi connectivity index (χ1n) is 6.91. The largest absolute Gasteiger partial charge is 0.350 e. The molecule has 112 valence electrons. The molecule has 1 N–H and O–H groups in total. The van der Waals surface area contributed by atoms with Gasteiger partial charge in [0.2, 0.25) is 5.91 Å². The van der Waals surface area contributed by atoms with Gasteiger partial charge in [-0.15, -0.1) is 0 Å². The van der Waals surface area contributed by atoms with Gasteiger partial charge in [-0.1, -0.05) is 36.8 Å². The highest BCUT2D eigenvalue weighted by atomic mass is 32.2. The smallest absolute Gasteiger partial charge is 0.245 e. The third-order valence-electron chi connectivity index (χ3n) is 2.89. The van der Waals surface area contributed by atoms with E-state index < -0.39 is 11.8 Å². The molecule has 4 nitrogen and oxygen atoms in total. The third kappa shape index (κ3) is 6.01. The third-order valence-corrected chi connectivity index (χ3v) is 4.08. The van der Waals surface area contributed by atoms with E-state index >= 15 is 0 Å². The predicted molar refractivity (Wildman–Crippen MR) is 84.8 cm³/mol. The number of aryl methyl sites for hydroxylation is 1. The normalized spacial score (nSPS) is 11.5. The van der Waals surface area contributed by atoms with Crippen LogP contribution in [-0.2, 0) is 16.1 Å². The number of nitriles is 1. The molecule has 0 fully saturated rings. The maximum absolute atomic E-state index is 11.9. The average Bonchev–Trinajstić information content (AvgIpc) is 2.47. The molecule has 0 spiro atoms. The van der Waals surface area contributed by atoms with Gasteiger partial charge in [-0.25, -0.2) is 0 Å². The van der Waals surface area contributed by atoms with E-state index in [-0.39, 0.29) is 11.5 Å². The van der Waals surface area contributed by atoms with E-state index in [0.717, 1.165) is 23.3 Å². The summed E-state index contributed by atoms with van der Waals surface area (Å²) in [7, 11) is 0. The Morgan fingerprint density at radius 3 is 2.57 bits per heavy atom. The molecule has 21 heavy (non-hydrogen) atoms. The first kappa shape index (κ1) is 17.3. The number of carbonyl (C=O) groups excluding carboxylic acids is 2. The minimum Gasteiger partial charge on any atom is -0.350 e. The van der Waals surface area contributed by atoms with Gasteiger partial charge in [0, 0.05) is 6.54 Å². The predicted octanol–water partition coefficient (Wildman–Crippen LogP) is 2.46. The van der Waals surface area contributed by atoms with Gasteiger partial charge in [0.05, 0.1) is 11.8 Å². The fraction of sp³-hybridized carbons (Fsp3) is 0.438. The van der Waals surface area contributed by atoms with Crippen molar-refractivity contribution < 1.29 is 9.59 Å². The van der Waals surface area contributed by atoms with Crippen molar-refractivity contribution in [2.24, 2.45) is 5.92 Å². The summed E-state index contributed by atoms with van der Waals surface area (Å²) < 4.78 is 0. The minimum absolute atomic E-state index is 0.212. The number of thioether (sulfide) groups is 1. The Balaban J connectivity index is 2.49. The van der Waals surface area contributed by atoms with Crippen LogP contribution in [0.25, 0.3) is 0 Å². The molecule has 0 aliphatic carbocycles. The van der Waals surface area contributed by atoms with Gasteiger partial charge in [-0.3, -0.25) is 9.59 Å². The zero-order valence-corrected chi connectivity index (χ0v) is 13.2. The van der Waals surface area contributed by atoms with Gasteiger partial charge in [0.15, 0.2) is 11.7 Å². The topological polar surface area (TPSA) is 70.0 Å². The van der Waals surface area contributed by atoms with Gasteiger partial charge in [0.1, 0.15) is 0 Å².